The molecule has 0 spiro atoms. The number of hydrogen-bond donors (Lipinski definition) is 0. The lowest BCUT2D eigenvalue weighted by molar-refractivity contribution is -0.148. The van der Waals surface area contributed by atoms with Crippen LogP contribution in [0.15, 0.2) is 47.4 Å². The minimum Gasteiger partial charge on any atom is -0.495 e. The van der Waals surface area contributed by atoms with Gasteiger partial charge in [0.05, 0.1) is 32.4 Å². The largest absolute Gasteiger partial charge is 0.495 e. The fourth-order valence-corrected chi connectivity index (χ4v) is 5.96. The third kappa shape index (κ3) is 4.45. The number of ether oxygens (including phenoxy) is 3. The van der Waals surface area contributed by atoms with Crippen molar-refractivity contribution in [1.29, 1.82) is 0 Å². The quantitative estimate of drug-likeness (QED) is 0.590. The molecule has 2 aromatic rings. The highest BCUT2D eigenvalue weighted by molar-refractivity contribution is 7.89. The van der Waals surface area contributed by atoms with Crippen molar-refractivity contribution in [2.45, 2.75) is 23.8 Å². The van der Waals surface area contributed by atoms with Gasteiger partial charge in [-0.2, -0.15) is 4.31 Å². The van der Waals surface area contributed by atoms with Crippen LogP contribution in [0.3, 0.4) is 0 Å². The van der Waals surface area contributed by atoms with Crippen molar-refractivity contribution in [2.24, 2.45) is 5.92 Å². The number of anilines is 1. The molecule has 9 nitrogen and oxygen atoms in total. The van der Waals surface area contributed by atoms with Crippen LogP contribution in [-0.4, -0.2) is 64.6 Å². The lowest BCUT2D eigenvalue weighted by Gasteiger charge is -2.38. The first-order valence-electron chi connectivity index (χ1n) is 10.7. The van der Waals surface area contributed by atoms with Crippen molar-refractivity contribution >= 4 is 27.6 Å². The molecule has 0 N–H and O–H groups in total. The molecule has 2 aliphatic rings. The second-order valence-electron chi connectivity index (χ2n) is 8.04. The molecule has 2 atom stereocenters. The van der Waals surface area contributed by atoms with Gasteiger partial charge in [-0.3, -0.25) is 4.79 Å². The summed E-state index contributed by atoms with van der Waals surface area (Å²) in [5, 5.41) is 0. The summed E-state index contributed by atoms with van der Waals surface area (Å²) in [5.41, 5.74) is 0.499. The van der Waals surface area contributed by atoms with Crippen LogP contribution in [-0.2, 0) is 24.3 Å². The molecule has 11 heteroatoms. The summed E-state index contributed by atoms with van der Waals surface area (Å²) < 4.78 is 57.3. The lowest BCUT2D eigenvalue weighted by atomic mass is 9.97. The van der Waals surface area contributed by atoms with E-state index in [4.69, 9.17) is 14.2 Å². The van der Waals surface area contributed by atoms with Gasteiger partial charge in [0.1, 0.15) is 22.2 Å². The maximum atomic E-state index is 13.9. The SMILES string of the molecule is COC(=O)[C@@H]1CN(C(=O)[C@H]2CCCN(S(=O)(=O)c3cc(F)ccc3OC)C2)c2ccccc2O1. The lowest BCUT2D eigenvalue weighted by Crippen LogP contribution is -2.52. The molecule has 2 aliphatic heterocycles. The van der Waals surface area contributed by atoms with E-state index < -0.39 is 33.8 Å². The van der Waals surface area contributed by atoms with E-state index in [1.807, 2.05) is 0 Å². The first-order valence-corrected chi connectivity index (χ1v) is 12.2. The molecule has 2 aromatic carbocycles. The number of carbonyl (C=O) groups excluding carboxylic acids is 2. The summed E-state index contributed by atoms with van der Waals surface area (Å²) in [4.78, 5) is 26.9. The van der Waals surface area contributed by atoms with E-state index in [2.05, 4.69) is 0 Å². The van der Waals surface area contributed by atoms with Crippen molar-refractivity contribution in [3.8, 4) is 11.5 Å². The maximum Gasteiger partial charge on any atom is 0.348 e. The van der Waals surface area contributed by atoms with Gasteiger partial charge in [0.2, 0.25) is 22.0 Å². The van der Waals surface area contributed by atoms with Crippen molar-refractivity contribution in [3.63, 3.8) is 0 Å². The molecule has 0 unspecified atom stereocenters. The second kappa shape index (κ2) is 9.59. The van der Waals surface area contributed by atoms with Crippen LogP contribution in [0.25, 0.3) is 0 Å². The van der Waals surface area contributed by atoms with E-state index in [-0.39, 0.29) is 36.2 Å². The van der Waals surface area contributed by atoms with Crippen LogP contribution in [0.1, 0.15) is 12.8 Å². The summed E-state index contributed by atoms with van der Waals surface area (Å²) in [6.07, 6.45) is -0.0865. The summed E-state index contributed by atoms with van der Waals surface area (Å²) in [6.45, 7) is 0.0585. The van der Waals surface area contributed by atoms with Gasteiger partial charge in [-0.05, 0) is 43.2 Å². The Kier molecular flexibility index (Phi) is 6.76. The fourth-order valence-electron chi connectivity index (χ4n) is 4.27. The van der Waals surface area contributed by atoms with Crippen molar-refractivity contribution in [2.75, 3.05) is 38.8 Å². The number of methoxy groups -OCH3 is 2. The zero-order valence-electron chi connectivity index (χ0n) is 18.8. The second-order valence-corrected chi connectivity index (χ2v) is 9.95. The summed E-state index contributed by atoms with van der Waals surface area (Å²) in [6, 6.07) is 10.1. The van der Waals surface area contributed by atoms with Gasteiger partial charge < -0.3 is 19.1 Å². The summed E-state index contributed by atoms with van der Waals surface area (Å²) >= 11 is 0. The van der Waals surface area contributed by atoms with E-state index in [0.29, 0.717) is 24.3 Å². The molecule has 0 aliphatic carbocycles. The van der Waals surface area contributed by atoms with E-state index >= 15 is 0 Å². The maximum absolute atomic E-state index is 13.9. The number of carbonyl (C=O) groups is 2. The summed E-state index contributed by atoms with van der Waals surface area (Å²) in [7, 11) is -1.57. The Morgan fingerprint density at radius 2 is 1.88 bits per heavy atom. The number of nitrogens with zero attached hydrogens (tertiary/aromatic N) is 2. The standard InChI is InChI=1S/C23H25FN2O7S/c1-31-19-10-9-16(24)12-21(19)34(29,30)25-11-5-6-15(13-25)22(27)26-14-20(23(28)32-2)33-18-8-4-3-7-17(18)26/h3-4,7-10,12,15,20H,5-6,11,13-14H2,1-2H3/t15-,20-/m0/s1. The van der Waals surface area contributed by atoms with Crippen molar-refractivity contribution in [3.05, 3.63) is 48.3 Å². The highest BCUT2D eigenvalue weighted by Gasteiger charge is 2.40. The van der Waals surface area contributed by atoms with Crippen molar-refractivity contribution in [1.82, 2.24) is 4.31 Å². The topological polar surface area (TPSA) is 102 Å². The van der Waals surface area contributed by atoms with E-state index in [0.717, 1.165) is 12.1 Å². The number of fused-ring (bicyclic) bond motifs is 1. The van der Waals surface area contributed by atoms with Gasteiger partial charge in [0, 0.05) is 13.1 Å². The number of sulfonamides is 1. The van der Waals surface area contributed by atoms with Crippen LogP contribution >= 0.6 is 0 Å². The number of piperidine rings is 1. The highest BCUT2D eigenvalue weighted by Crippen LogP contribution is 2.36. The van der Waals surface area contributed by atoms with Gasteiger partial charge in [-0.15, -0.1) is 0 Å². The molecular formula is C23H25FN2O7S. The predicted molar refractivity (Wildman–Crippen MR) is 120 cm³/mol. The molecular weight excluding hydrogens is 467 g/mol. The summed E-state index contributed by atoms with van der Waals surface area (Å²) in [5.74, 6) is -1.91. The molecule has 1 saturated heterocycles. The van der Waals surface area contributed by atoms with Gasteiger partial charge in [-0.1, -0.05) is 12.1 Å². The van der Waals surface area contributed by atoms with Crippen LogP contribution in [0.4, 0.5) is 10.1 Å². The average Bonchev–Trinajstić information content (AvgIpc) is 2.87. The van der Waals surface area contributed by atoms with E-state index in [1.54, 1.807) is 24.3 Å². The zero-order chi connectivity index (χ0) is 24.5. The van der Waals surface area contributed by atoms with Gasteiger partial charge in [0.25, 0.3) is 0 Å². The third-order valence-electron chi connectivity index (χ3n) is 5.98. The normalized spacial score (nSPS) is 20.7. The number of benzene rings is 2. The number of amides is 1. The molecule has 34 heavy (non-hydrogen) atoms. The first kappa shape index (κ1) is 24.0. The Labute approximate surface area is 197 Å². The molecule has 0 radical (unpaired) electrons. The molecule has 4 rings (SSSR count). The van der Waals surface area contributed by atoms with Crippen LogP contribution in [0.5, 0.6) is 11.5 Å². The minimum atomic E-state index is -4.11. The van der Waals surface area contributed by atoms with Crippen molar-refractivity contribution < 1.29 is 36.6 Å². The van der Waals surface area contributed by atoms with Gasteiger partial charge in [-0.25, -0.2) is 17.6 Å². The molecule has 1 fully saturated rings. The number of rotatable bonds is 5. The van der Waals surface area contributed by atoms with Gasteiger partial charge >= 0.3 is 5.97 Å². The molecule has 0 saturated carbocycles. The number of halogens is 1. The fraction of sp³-hybridized carbons (Fsp3) is 0.391. The van der Waals surface area contributed by atoms with Gasteiger partial charge in [0.15, 0.2) is 0 Å². The Morgan fingerprint density at radius 3 is 2.62 bits per heavy atom. The van der Waals surface area contributed by atoms with Crippen LogP contribution < -0.4 is 14.4 Å². The monoisotopic (exact) mass is 492 g/mol. The highest BCUT2D eigenvalue weighted by atomic mass is 32.2. The minimum absolute atomic E-state index is 0.0258. The van der Waals surface area contributed by atoms with E-state index in [9.17, 15) is 22.4 Å². The Morgan fingerprint density at radius 1 is 1.12 bits per heavy atom. The molecule has 0 aromatic heterocycles. The molecule has 0 bridgehead atoms. The van der Waals surface area contributed by atoms with Crippen LogP contribution in [0, 0.1) is 11.7 Å². The zero-order valence-corrected chi connectivity index (χ0v) is 19.6. The Hall–Kier alpha value is -3.18. The smallest absolute Gasteiger partial charge is 0.348 e. The van der Waals surface area contributed by atoms with E-state index in [1.165, 1.54) is 29.5 Å². The Balaban J connectivity index is 1.60. The average molecular weight is 493 g/mol. The number of hydrogen-bond acceptors (Lipinski definition) is 7. The number of esters is 1. The molecule has 182 valence electrons. The molecule has 2 heterocycles. The predicted octanol–water partition coefficient (Wildman–Crippen LogP) is 2.20. The number of para-hydroxylation sites is 2. The van der Waals surface area contributed by atoms with Crippen LogP contribution in [0.2, 0.25) is 0 Å². The third-order valence-corrected chi connectivity index (χ3v) is 7.87. The molecule has 1 amide bonds. The Bertz CT molecular complexity index is 1200. The first-order chi connectivity index (χ1) is 16.3.